The van der Waals surface area contributed by atoms with Crippen LogP contribution in [0.3, 0.4) is 0 Å². The zero-order chi connectivity index (χ0) is 10.6. The summed E-state index contributed by atoms with van der Waals surface area (Å²) in [5.74, 6) is 0.223. The topological polar surface area (TPSA) is 41.6 Å². The summed E-state index contributed by atoms with van der Waals surface area (Å²) in [5, 5.41) is 3.14. The van der Waals surface area contributed by atoms with Gasteiger partial charge in [-0.2, -0.15) is 0 Å². The number of ether oxygens (including phenoxy) is 1. The second kappa shape index (κ2) is 3.19. The molecule has 3 heterocycles. The van der Waals surface area contributed by atoms with Crippen molar-refractivity contribution in [3.8, 4) is 0 Å². The fraction of sp³-hybridized carbons (Fsp3) is 0.909. The molecule has 4 nitrogen and oxygen atoms in total. The molecule has 2 bridgehead atoms. The molecule has 0 radical (unpaired) electrons. The summed E-state index contributed by atoms with van der Waals surface area (Å²) in [6.07, 6.45) is 1.75. The van der Waals surface area contributed by atoms with Crippen molar-refractivity contribution in [3.63, 3.8) is 0 Å². The number of rotatable bonds is 2. The Morgan fingerprint density at radius 2 is 2.27 bits per heavy atom. The number of fused-ring (bicyclic) bond motifs is 1. The number of nitrogens with zero attached hydrogens (tertiary/aromatic N) is 1. The van der Waals surface area contributed by atoms with Gasteiger partial charge in [-0.25, -0.2) is 0 Å². The monoisotopic (exact) mass is 210 g/mol. The molecule has 4 atom stereocenters. The number of amides is 1. The fourth-order valence-corrected chi connectivity index (χ4v) is 3.09. The van der Waals surface area contributed by atoms with E-state index in [0.29, 0.717) is 12.1 Å². The minimum Gasteiger partial charge on any atom is -0.370 e. The summed E-state index contributed by atoms with van der Waals surface area (Å²) in [4.78, 5) is 14.1. The van der Waals surface area contributed by atoms with Crippen LogP contribution >= 0.6 is 0 Å². The molecule has 0 spiro atoms. The van der Waals surface area contributed by atoms with Gasteiger partial charge in [-0.1, -0.05) is 13.8 Å². The van der Waals surface area contributed by atoms with E-state index in [0.717, 1.165) is 19.5 Å². The Bertz CT molecular complexity index is 278. The Kier molecular flexibility index (Phi) is 2.04. The lowest BCUT2D eigenvalue weighted by Crippen LogP contribution is -2.46. The molecule has 3 aliphatic heterocycles. The van der Waals surface area contributed by atoms with E-state index in [4.69, 9.17) is 4.74 Å². The molecule has 0 aliphatic carbocycles. The van der Waals surface area contributed by atoms with Crippen LogP contribution in [0.2, 0.25) is 0 Å². The van der Waals surface area contributed by atoms with Gasteiger partial charge in [0.15, 0.2) is 0 Å². The first-order chi connectivity index (χ1) is 7.16. The second-order valence-corrected chi connectivity index (χ2v) is 5.18. The summed E-state index contributed by atoms with van der Waals surface area (Å²) in [6.45, 7) is 6.01. The Morgan fingerprint density at radius 1 is 1.47 bits per heavy atom. The van der Waals surface area contributed by atoms with E-state index in [1.54, 1.807) is 0 Å². The van der Waals surface area contributed by atoms with Gasteiger partial charge in [0.05, 0.1) is 24.3 Å². The lowest BCUT2D eigenvalue weighted by Gasteiger charge is -2.22. The van der Waals surface area contributed by atoms with E-state index in [2.05, 4.69) is 10.2 Å². The molecule has 3 rings (SSSR count). The Balaban J connectivity index is 1.72. The fourth-order valence-electron chi connectivity index (χ4n) is 3.09. The molecule has 0 saturated carbocycles. The molecule has 1 amide bonds. The molecular weight excluding hydrogens is 192 g/mol. The molecule has 0 unspecified atom stereocenters. The number of carbonyl (C=O) groups excluding carboxylic acids is 1. The molecule has 1 N–H and O–H groups in total. The van der Waals surface area contributed by atoms with Gasteiger partial charge in [-0.15, -0.1) is 0 Å². The van der Waals surface area contributed by atoms with Crippen molar-refractivity contribution in [1.29, 1.82) is 0 Å². The zero-order valence-electron chi connectivity index (χ0n) is 9.27. The van der Waals surface area contributed by atoms with Crippen molar-refractivity contribution in [2.24, 2.45) is 5.92 Å². The number of morpholine rings is 1. The molecule has 0 aromatic carbocycles. The standard InChI is InChI=1S/C11H18N2O2/c1-6(2)11(14)12-9-8-5-13-4-3-7(15-8)10(9)13/h6-10H,3-5H2,1-2H3,(H,12,14)/t7-,8+,9-,10+/m0/s1. The van der Waals surface area contributed by atoms with Crippen LogP contribution in [0.1, 0.15) is 20.3 Å². The van der Waals surface area contributed by atoms with Crippen LogP contribution in [0.4, 0.5) is 0 Å². The van der Waals surface area contributed by atoms with Gasteiger partial charge in [0, 0.05) is 19.0 Å². The first kappa shape index (κ1) is 9.60. The van der Waals surface area contributed by atoms with E-state index >= 15 is 0 Å². The quantitative estimate of drug-likeness (QED) is 0.696. The molecule has 3 fully saturated rings. The van der Waals surface area contributed by atoms with Gasteiger partial charge in [0.2, 0.25) is 5.91 Å². The number of nitrogens with one attached hydrogen (secondary N) is 1. The van der Waals surface area contributed by atoms with Gasteiger partial charge >= 0.3 is 0 Å². The number of hydrogen-bond acceptors (Lipinski definition) is 3. The van der Waals surface area contributed by atoms with Gasteiger partial charge < -0.3 is 10.1 Å². The molecule has 0 aromatic rings. The SMILES string of the molecule is CC(C)C(=O)N[C@@H]1[C@H]2[C@@H]3CCN2C[C@H]1O3. The summed E-state index contributed by atoms with van der Waals surface area (Å²) in [7, 11) is 0. The van der Waals surface area contributed by atoms with Gasteiger partial charge in [-0.05, 0) is 6.42 Å². The van der Waals surface area contributed by atoms with Crippen LogP contribution in [-0.4, -0.2) is 48.2 Å². The Labute approximate surface area is 90.0 Å². The lowest BCUT2D eigenvalue weighted by molar-refractivity contribution is -0.125. The molecular formula is C11H18N2O2. The second-order valence-electron chi connectivity index (χ2n) is 5.18. The van der Waals surface area contributed by atoms with Crippen molar-refractivity contribution < 1.29 is 9.53 Å². The Morgan fingerprint density at radius 3 is 2.93 bits per heavy atom. The minimum absolute atomic E-state index is 0.0673. The third kappa shape index (κ3) is 1.31. The maximum atomic E-state index is 11.7. The first-order valence-electron chi connectivity index (χ1n) is 5.86. The summed E-state index contributed by atoms with van der Waals surface area (Å²) < 4.78 is 5.89. The summed E-state index contributed by atoms with van der Waals surface area (Å²) >= 11 is 0. The van der Waals surface area contributed by atoms with Gasteiger partial charge in [0.25, 0.3) is 0 Å². The van der Waals surface area contributed by atoms with Crippen LogP contribution < -0.4 is 5.32 Å². The zero-order valence-corrected chi connectivity index (χ0v) is 9.27. The number of hydrogen-bond donors (Lipinski definition) is 1. The smallest absolute Gasteiger partial charge is 0.222 e. The lowest BCUT2D eigenvalue weighted by atomic mass is 10.1. The van der Waals surface area contributed by atoms with E-state index in [1.807, 2.05) is 13.8 Å². The average molecular weight is 210 g/mol. The van der Waals surface area contributed by atoms with E-state index in [-0.39, 0.29) is 24.0 Å². The van der Waals surface area contributed by atoms with Gasteiger partial charge in [-0.3, -0.25) is 9.69 Å². The highest BCUT2D eigenvalue weighted by Crippen LogP contribution is 2.39. The van der Waals surface area contributed by atoms with Crippen LogP contribution in [0.5, 0.6) is 0 Å². The highest BCUT2D eigenvalue weighted by Gasteiger charge is 2.57. The average Bonchev–Trinajstić information content (AvgIpc) is 2.74. The predicted molar refractivity (Wildman–Crippen MR) is 55.4 cm³/mol. The minimum atomic E-state index is 0.0673. The van der Waals surface area contributed by atoms with E-state index in [9.17, 15) is 4.79 Å². The third-order valence-electron chi connectivity index (χ3n) is 3.87. The highest BCUT2D eigenvalue weighted by atomic mass is 16.5. The van der Waals surface area contributed by atoms with Crippen LogP contribution in [0, 0.1) is 5.92 Å². The molecule has 15 heavy (non-hydrogen) atoms. The van der Waals surface area contributed by atoms with Crippen molar-refractivity contribution >= 4 is 5.91 Å². The summed E-state index contributed by atoms with van der Waals surface area (Å²) in [5.41, 5.74) is 0. The van der Waals surface area contributed by atoms with E-state index in [1.165, 1.54) is 0 Å². The van der Waals surface area contributed by atoms with Crippen LogP contribution in [0.15, 0.2) is 0 Å². The molecule has 4 heteroatoms. The molecule has 3 aliphatic rings. The molecule has 3 saturated heterocycles. The maximum absolute atomic E-state index is 11.7. The van der Waals surface area contributed by atoms with E-state index < -0.39 is 0 Å². The first-order valence-corrected chi connectivity index (χ1v) is 5.86. The summed E-state index contributed by atoms with van der Waals surface area (Å²) in [6, 6.07) is 0.699. The van der Waals surface area contributed by atoms with Gasteiger partial charge in [0.1, 0.15) is 0 Å². The largest absolute Gasteiger partial charge is 0.370 e. The van der Waals surface area contributed by atoms with Crippen LogP contribution in [-0.2, 0) is 9.53 Å². The predicted octanol–water partition coefficient (Wildman–Crippen LogP) is -0.0175. The highest BCUT2D eigenvalue weighted by molar-refractivity contribution is 5.78. The molecule has 84 valence electrons. The molecule has 0 aromatic heterocycles. The number of carbonyl (C=O) groups is 1. The Hall–Kier alpha value is -0.610. The van der Waals surface area contributed by atoms with Crippen molar-refractivity contribution in [2.45, 2.75) is 44.6 Å². The normalized spacial score (nSPS) is 42.9. The van der Waals surface area contributed by atoms with Crippen molar-refractivity contribution in [1.82, 2.24) is 10.2 Å². The van der Waals surface area contributed by atoms with Crippen molar-refractivity contribution in [2.75, 3.05) is 13.1 Å². The maximum Gasteiger partial charge on any atom is 0.222 e. The van der Waals surface area contributed by atoms with Crippen LogP contribution in [0.25, 0.3) is 0 Å². The third-order valence-corrected chi connectivity index (χ3v) is 3.87. The van der Waals surface area contributed by atoms with Crippen molar-refractivity contribution in [3.05, 3.63) is 0 Å².